The van der Waals surface area contributed by atoms with Crippen LogP contribution in [0.4, 0.5) is 0 Å². The molecule has 3 rings (SSSR count). The van der Waals surface area contributed by atoms with E-state index in [0.717, 1.165) is 24.7 Å². The highest BCUT2D eigenvalue weighted by Crippen LogP contribution is 2.31. The van der Waals surface area contributed by atoms with E-state index in [1.807, 2.05) is 11.8 Å². The quantitative estimate of drug-likeness (QED) is 0.730. The van der Waals surface area contributed by atoms with Crippen molar-refractivity contribution in [3.8, 4) is 0 Å². The number of thioether (sulfide) groups is 1. The van der Waals surface area contributed by atoms with Crippen molar-refractivity contribution < 1.29 is 0 Å². The predicted octanol–water partition coefficient (Wildman–Crippen LogP) is 2.08. The number of aromatic nitrogens is 3. The molecule has 0 radical (unpaired) electrons. The largest absolute Gasteiger partial charge is 0.250 e. The van der Waals surface area contributed by atoms with Crippen LogP contribution in [0.25, 0.3) is 0 Å². The molecule has 1 saturated heterocycles. The average molecular weight is 223 g/mol. The molecule has 0 N–H and O–H groups in total. The maximum Gasteiger partial charge on any atom is 0.154 e. The summed E-state index contributed by atoms with van der Waals surface area (Å²) in [6, 6.07) is 0. The van der Waals surface area contributed by atoms with Gasteiger partial charge in [0.2, 0.25) is 0 Å². The van der Waals surface area contributed by atoms with Crippen LogP contribution < -0.4 is 0 Å². The molecule has 82 valence electrons. The van der Waals surface area contributed by atoms with Crippen LogP contribution in [0.1, 0.15) is 37.3 Å². The Labute approximate surface area is 94.7 Å². The van der Waals surface area contributed by atoms with E-state index in [4.69, 9.17) is 4.98 Å². The number of aryl methyl sites for hydroxylation is 1. The van der Waals surface area contributed by atoms with Gasteiger partial charge in [-0.15, -0.1) is 0 Å². The van der Waals surface area contributed by atoms with Crippen molar-refractivity contribution in [1.29, 1.82) is 0 Å². The van der Waals surface area contributed by atoms with Crippen molar-refractivity contribution in [1.82, 2.24) is 14.8 Å². The van der Waals surface area contributed by atoms with E-state index in [9.17, 15) is 0 Å². The van der Waals surface area contributed by atoms with Crippen molar-refractivity contribution in [2.75, 3.05) is 11.5 Å². The smallest absolute Gasteiger partial charge is 0.154 e. The van der Waals surface area contributed by atoms with Crippen LogP contribution in [-0.4, -0.2) is 26.3 Å². The van der Waals surface area contributed by atoms with E-state index in [0.29, 0.717) is 5.92 Å². The van der Waals surface area contributed by atoms with Crippen LogP contribution in [-0.2, 0) is 13.0 Å². The van der Waals surface area contributed by atoms with Gasteiger partial charge in [-0.2, -0.15) is 16.9 Å². The molecule has 0 aromatic carbocycles. The molecular weight excluding hydrogens is 206 g/mol. The zero-order valence-electron chi connectivity index (χ0n) is 9.15. The summed E-state index contributed by atoms with van der Waals surface area (Å²) in [6.07, 6.45) is 3.64. The molecule has 3 nitrogen and oxygen atoms in total. The first-order valence-electron chi connectivity index (χ1n) is 5.84. The molecule has 0 bridgehead atoms. The molecule has 1 fully saturated rings. The third-order valence-corrected chi connectivity index (χ3v) is 4.59. The van der Waals surface area contributed by atoms with Gasteiger partial charge in [0, 0.05) is 24.6 Å². The Morgan fingerprint density at radius 1 is 1.40 bits per heavy atom. The molecule has 0 spiro atoms. The first kappa shape index (κ1) is 9.70. The number of fused-ring (bicyclic) bond motifs is 1. The van der Waals surface area contributed by atoms with E-state index in [1.54, 1.807) is 0 Å². The Morgan fingerprint density at radius 3 is 3.13 bits per heavy atom. The maximum absolute atomic E-state index is 4.72. The number of nitrogens with zero attached hydrogens (tertiary/aromatic N) is 3. The van der Waals surface area contributed by atoms with Gasteiger partial charge in [0.05, 0.1) is 0 Å². The summed E-state index contributed by atoms with van der Waals surface area (Å²) in [4.78, 5) is 4.72. The maximum atomic E-state index is 4.72. The van der Waals surface area contributed by atoms with E-state index in [1.165, 1.54) is 30.2 Å². The van der Waals surface area contributed by atoms with E-state index in [2.05, 4.69) is 16.7 Å². The molecular formula is C11H17N3S. The van der Waals surface area contributed by atoms with Crippen molar-refractivity contribution in [2.45, 2.75) is 38.6 Å². The lowest BCUT2D eigenvalue weighted by Crippen LogP contribution is -2.18. The lowest BCUT2D eigenvalue weighted by Gasteiger charge is -2.17. The second kappa shape index (κ2) is 3.81. The summed E-state index contributed by atoms with van der Waals surface area (Å²) >= 11 is 2.03. The molecule has 2 aliphatic rings. The zero-order chi connectivity index (χ0) is 10.3. The van der Waals surface area contributed by atoms with Crippen LogP contribution in [0.5, 0.6) is 0 Å². The minimum atomic E-state index is 0.628. The summed E-state index contributed by atoms with van der Waals surface area (Å²) in [5, 5.41) is 4.66. The first-order chi connectivity index (χ1) is 7.33. The van der Waals surface area contributed by atoms with Gasteiger partial charge in [-0.25, -0.2) is 9.67 Å². The fraction of sp³-hybridized carbons (Fsp3) is 0.818. The number of hydrogen-bond acceptors (Lipinski definition) is 3. The van der Waals surface area contributed by atoms with Crippen molar-refractivity contribution in [3.63, 3.8) is 0 Å². The molecule has 15 heavy (non-hydrogen) atoms. The molecule has 0 aliphatic carbocycles. The zero-order valence-corrected chi connectivity index (χ0v) is 9.96. The lowest BCUT2D eigenvalue weighted by atomic mass is 10.0. The van der Waals surface area contributed by atoms with E-state index in [-0.39, 0.29) is 0 Å². The Morgan fingerprint density at radius 2 is 2.33 bits per heavy atom. The first-order valence-corrected chi connectivity index (χ1v) is 7.00. The highest BCUT2D eigenvalue weighted by atomic mass is 32.2. The molecule has 2 atom stereocenters. The minimum absolute atomic E-state index is 0.628. The van der Waals surface area contributed by atoms with Gasteiger partial charge in [0.15, 0.2) is 5.82 Å². The van der Waals surface area contributed by atoms with Gasteiger partial charge in [-0.3, -0.25) is 0 Å². The summed E-state index contributed by atoms with van der Waals surface area (Å²) < 4.78 is 2.14. The van der Waals surface area contributed by atoms with Crippen LogP contribution in [0.15, 0.2) is 0 Å². The second-order valence-electron chi connectivity index (χ2n) is 4.77. The Balaban J connectivity index is 1.85. The molecule has 1 aromatic rings. The van der Waals surface area contributed by atoms with Crippen molar-refractivity contribution in [3.05, 3.63) is 11.6 Å². The molecule has 0 saturated carbocycles. The molecule has 1 aromatic heterocycles. The monoisotopic (exact) mass is 223 g/mol. The topological polar surface area (TPSA) is 30.7 Å². The van der Waals surface area contributed by atoms with Crippen molar-refractivity contribution >= 4 is 11.8 Å². The van der Waals surface area contributed by atoms with Crippen LogP contribution in [0.3, 0.4) is 0 Å². The normalized spacial score (nSPS) is 30.5. The van der Waals surface area contributed by atoms with Crippen LogP contribution in [0, 0.1) is 5.92 Å². The van der Waals surface area contributed by atoms with Crippen LogP contribution >= 0.6 is 11.8 Å². The summed E-state index contributed by atoms with van der Waals surface area (Å²) in [6.45, 7) is 3.38. The molecule has 3 heterocycles. The lowest BCUT2D eigenvalue weighted by molar-refractivity contribution is 0.385. The summed E-state index contributed by atoms with van der Waals surface area (Å²) in [7, 11) is 0. The highest BCUT2D eigenvalue weighted by Gasteiger charge is 2.25. The Kier molecular flexibility index (Phi) is 2.47. The van der Waals surface area contributed by atoms with Crippen molar-refractivity contribution in [2.24, 2.45) is 5.92 Å². The van der Waals surface area contributed by atoms with Gasteiger partial charge in [0.25, 0.3) is 0 Å². The van der Waals surface area contributed by atoms with Crippen LogP contribution in [0.2, 0.25) is 0 Å². The highest BCUT2D eigenvalue weighted by molar-refractivity contribution is 7.99. The predicted molar refractivity (Wildman–Crippen MR) is 62.2 cm³/mol. The van der Waals surface area contributed by atoms with E-state index < -0.39 is 0 Å². The van der Waals surface area contributed by atoms with Gasteiger partial charge in [-0.05, 0) is 24.5 Å². The van der Waals surface area contributed by atoms with Gasteiger partial charge in [0.1, 0.15) is 5.82 Å². The Bertz CT molecular complexity index is 355. The Hall–Kier alpha value is -0.510. The van der Waals surface area contributed by atoms with Gasteiger partial charge in [-0.1, -0.05) is 6.92 Å². The summed E-state index contributed by atoms with van der Waals surface area (Å²) in [5.41, 5.74) is 0. The second-order valence-corrected chi connectivity index (χ2v) is 5.92. The standard InChI is InChI=1S/C11H17N3S/c1-8-2-4-14-10(6-8)12-11(13-14)9-3-5-15-7-9/h8-9H,2-7H2,1H3. The third kappa shape index (κ3) is 1.80. The van der Waals surface area contributed by atoms with E-state index >= 15 is 0 Å². The van der Waals surface area contributed by atoms with Gasteiger partial charge < -0.3 is 0 Å². The third-order valence-electron chi connectivity index (χ3n) is 3.42. The molecule has 0 amide bonds. The number of hydrogen-bond donors (Lipinski definition) is 0. The minimum Gasteiger partial charge on any atom is -0.250 e. The molecule has 2 unspecified atom stereocenters. The average Bonchev–Trinajstić information content (AvgIpc) is 2.84. The van der Waals surface area contributed by atoms with Gasteiger partial charge >= 0.3 is 0 Å². The fourth-order valence-electron chi connectivity index (χ4n) is 2.39. The molecule has 2 aliphatic heterocycles. The molecule has 4 heteroatoms. The summed E-state index contributed by atoms with van der Waals surface area (Å²) in [5.74, 6) is 6.25. The fourth-order valence-corrected chi connectivity index (χ4v) is 3.61. The number of rotatable bonds is 1. The SMILES string of the molecule is CC1CCn2nc(C3CCSC3)nc2C1.